The van der Waals surface area contributed by atoms with Crippen molar-refractivity contribution in [2.45, 2.75) is 0 Å². The zero-order valence-corrected chi connectivity index (χ0v) is 13.0. The summed E-state index contributed by atoms with van der Waals surface area (Å²) in [5, 5.41) is 16.7. The highest BCUT2D eigenvalue weighted by atomic mass is 35.5. The van der Waals surface area contributed by atoms with Crippen LogP contribution in [0.1, 0.15) is 10.4 Å². The normalized spacial score (nSPS) is 9.81. The summed E-state index contributed by atoms with van der Waals surface area (Å²) in [6, 6.07) is 3.95. The van der Waals surface area contributed by atoms with Gasteiger partial charge in [0.2, 0.25) is 0 Å². The highest BCUT2D eigenvalue weighted by molar-refractivity contribution is 6.31. The molecule has 0 aliphatic carbocycles. The van der Waals surface area contributed by atoms with Crippen LogP contribution in [0, 0.1) is 10.1 Å². The minimum atomic E-state index is -0.627. The lowest BCUT2D eigenvalue weighted by molar-refractivity contribution is -0.385. The largest absolute Gasteiger partial charge is 0.383 e. The van der Waals surface area contributed by atoms with Gasteiger partial charge in [0.1, 0.15) is 5.56 Å². The van der Waals surface area contributed by atoms with Crippen molar-refractivity contribution in [2.75, 3.05) is 33.4 Å². The first-order valence-electron chi connectivity index (χ1n) is 5.98. The predicted molar refractivity (Wildman–Crippen MR) is 82.4 cm³/mol. The summed E-state index contributed by atoms with van der Waals surface area (Å²) >= 11 is 5.68. The highest BCUT2D eigenvalue weighted by Gasteiger charge is 2.19. The van der Waals surface area contributed by atoms with Crippen molar-refractivity contribution >= 4 is 35.6 Å². The molecule has 21 heavy (non-hydrogen) atoms. The summed E-state index contributed by atoms with van der Waals surface area (Å²) in [5.41, 5.74) is -0.307. The molecular formula is C12H17Cl2N3O4. The first-order valence-corrected chi connectivity index (χ1v) is 6.36. The van der Waals surface area contributed by atoms with E-state index in [4.69, 9.17) is 16.3 Å². The summed E-state index contributed by atoms with van der Waals surface area (Å²) in [7, 11) is 1.60. The van der Waals surface area contributed by atoms with E-state index in [0.717, 1.165) is 6.07 Å². The van der Waals surface area contributed by atoms with E-state index >= 15 is 0 Å². The smallest absolute Gasteiger partial charge is 0.283 e. The molecule has 9 heteroatoms. The van der Waals surface area contributed by atoms with Crippen molar-refractivity contribution in [2.24, 2.45) is 0 Å². The second-order valence-corrected chi connectivity index (χ2v) is 4.35. The van der Waals surface area contributed by atoms with Crippen LogP contribution in [0.5, 0.6) is 0 Å². The maximum Gasteiger partial charge on any atom is 0.283 e. The maximum atomic E-state index is 11.9. The lowest BCUT2D eigenvalue weighted by Gasteiger charge is -2.07. The number of benzene rings is 1. The van der Waals surface area contributed by atoms with Gasteiger partial charge in [0.25, 0.3) is 11.6 Å². The summed E-state index contributed by atoms with van der Waals surface area (Å²) in [4.78, 5) is 22.1. The molecule has 0 aliphatic rings. The Balaban J connectivity index is 0.00000400. The van der Waals surface area contributed by atoms with Gasteiger partial charge in [0.15, 0.2) is 0 Å². The molecule has 0 aromatic heterocycles. The van der Waals surface area contributed by atoms with Crippen LogP contribution >= 0.6 is 24.0 Å². The minimum absolute atomic E-state index is 0. The Hall–Kier alpha value is -1.41. The van der Waals surface area contributed by atoms with Crippen molar-refractivity contribution in [3.8, 4) is 0 Å². The summed E-state index contributed by atoms with van der Waals surface area (Å²) < 4.78 is 4.85. The Bertz CT molecular complexity index is 486. The van der Waals surface area contributed by atoms with Crippen LogP contribution in [0.2, 0.25) is 5.02 Å². The van der Waals surface area contributed by atoms with E-state index in [1.54, 1.807) is 7.11 Å². The molecule has 0 heterocycles. The van der Waals surface area contributed by atoms with Crippen LogP contribution in [0.25, 0.3) is 0 Å². The Morgan fingerprint density at radius 1 is 1.38 bits per heavy atom. The quantitative estimate of drug-likeness (QED) is 0.427. The SMILES string of the molecule is COCCNCCNC(=O)c1ccc(Cl)cc1[N+](=O)[O-].Cl. The van der Waals surface area contributed by atoms with E-state index in [1.165, 1.54) is 12.1 Å². The van der Waals surface area contributed by atoms with Gasteiger partial charge < -0.3 is 15.4 Å². The number of hydrogen-bond donors (Lipinski definition) is 2. The molecule has 7 nitrogen and oxygen atoms in total. The molecule has 0 radical (unpaired) electrons. The Kier molecular flexibility index (Phi) is 9.64. The summed E-state index contributed by atoms with van der Waals surface area (Å²) in [5.74, 6) is -0.498. The van der Waals surface area contributed by atoms with Gasteiger partial charge in [0.05, 0.1) is 11.5 Å². The molecule has 0 bridgehead atoms. The number of nitro groups is 1. The van der Waals surface area contributed by atoms with Gasteiger partial charge in [-0.1, -0.05) is 11.6 Å². The third-order valence-corrected chi connectivity index (χ3v) is 2.71. The molecule has 0 saturated carbocycles. The van der Waals surface area contributed by atoms with Crippen molar-refractivity contribution in [1.29, 1.82) is 0 Å². The van der Waals surface area contributed by atoms with Gasteiger partial charge in [-0.25, -0.2) is 0 Å². The monoisotopic (exact) mass is 337 g/mol. The Morgan fingerprint density at radius 3 is 2.71 bits per heavy atom. The Labute approximate surface area is 133 Å². The molecule has 0 fully saturated rings. The van der Waals surface area contributed by atoms with Gasteiger partial charge in [-0.05, 0) is 12.1 Å². The van der Waals surface area contributed by atoms with E-state index in [2.05, 4.69) is 10.6 Å². The van der Waals surface area contributed by atoms with Gasteiger partial charge in [-0.3, -0.25) is 14.9 Å². The van der Waals surface area contributed by atoms with Gasteiger partial charge in [-0.15, -0.1) is 12.4 Å². The number of amides is 1. The highest BCUT2D eigenvalue weighted by Crippen LogP contribution is 2.22. The number of carbonyl (C=O) groups is 1. The van der Waals surface area contributed by atoms with E-state index in [0.29, 0.717) is 26.2 Å². The van der Waals surface area contributed by atoms with Crippen LogP contribution in [0.4, 0.5) is 5.69 Å². The van der Waals surface area contributed by atoms with Gasteiger partial charge >= 0.3 is 0 Å². The van der Waals surface area contributed by atoms with Crippen LogP contribution in [-0.2, 0) is 4.74 Å². The van der Waals surface area contributed by atoms with E-state index < -0.39 is 10.8 Å². The molecule has 0 aliphatic heterocycles. The molecule has 1 rings (SSSR count). The number of nitrogens with one attached hydrogen (secondary N) is 2. The first kappa shape index (κ1) is 19.6. The fourth-order valence-corrected chi connectivity index (χ4v) is 1.67. The molecule has 0 saturated heterocycles. The minimum Gasteiger partial charge on any atom is -0.383 e. The van der Waals surface area contributed by atoms with Crippen molar-refractivity contribution in [1.82, 2.24) is 10.6 Å². The number of nitrogens with zero attached hydrogens (tertiary/aromatic N) is 1. The van der Waals surface area contributed by atoms with Gasteiger partial charge in [-0.2, -0.15) is 0 Å². The maximum absolute atomic E-state index is 11.9. The number of ether oxygens (including phenoxy) is 1. The molecule has 0 unspecified atom stereocenters. The molecule has 0 spiro atoms. The van der Waals surface area contributed by atoms with Crippen LogP contribution in [0.3, 0.4) is 0 Å². The number of carbonyl (C=O) groups excluding carboxylic acids is 1. The average molecular weight is 338 g/mol. The van der Waals surface area contributed by atoms with Crippen molar-refractivity contribution in [3.63, 3.8) is 0 Å². The molecule has 118 valence electrons. The van der Waals surface area contributed by atoms with Crippen molar-refractivity contribution in [3.05, 3.63) is 38.9 Å². The average Bonchev–Trinajstić information content (AvgIpc) is 2.42. The molecule has 1 aromatic rings. The van der Waals surface area contributed by atoms with E-state index in [9.17, 15) is 14.9 Å². The molecule has 1 amide bonds. The van der Waals surface area contributed by atoms with E-state index in [1.807, 2.05) is 0 Å². The summed E-state index contributed by atoms with van der Waals surface area (Å²) in [6.07, 6.45) is 0. The number of methoxy groups -OCH3 is 1. The third-order valence-electron chi connectivity index (χ3n) is 2.47. The van der Waals surface area contributed by atoms with E-state index in [-0.39, 0.29) is 28.7 Å². The fraction of sp³-hybridized carbons (Fsp3) is 0.417. The molecule has 0 atom stereocenters. The van der Waals surface area contributed by atoms with Crippen LogP contribution < -0.4 is 10.6 Å². The Morgan fingerprint density at radius 2 is 2.10 bits per heavy atom. The second-order valence-electron chi connectivity index (χ2n) is 3.92. The zero-order chi connectivity index (χ0) is 15.0. The standard InChI is InChI=1S/C12H16ClN3O4.ClH/c1-20-7-6-14-4-5-15-12(17)10-3-2-9(13)8-11(10)16(18)19;/h2-3,8,14H,4-7H2,1H3,(H,15,17);1H. The first-order chi connectivity index (χ1) is 9.56. The van der Waals surface area contributed by atoms with Crippen LogP contribution in [0.15, 0.2) is 18.2 Å². The fourth-order valence-electron chi connectivity index (χ4n) is 1.51. The summed E-state index contributed by atoms with van der Waals surface area (Å²) in [6.45, 7) is 2.17. The topological polar surface area (TPSA) is 93.5 Å². The third kappa shape index (κ3) is 6.72. The second kappa shape index (κ2) is 10.3. The number of rotatable bonds is 8. The lowest BCUT2D eigenvalue weighted by Crippen LogP contribution is -2.33. The molecule has 1 aromatic carbocycles. The molecule has 2 N–H and O–H groups in total. The number of hydrogen-bond acceptors (Lipinski definition) is 5. The predicted octanol–water partition coefficient (Wildman–Crippen LogP) is 1.64. The number of halogens is 2. The lowest BCUT2D eigenvalue weighted by atomic mass is 10.1. The van der Waals surface area contributed by atoms with Crippen molar-refractivity contribution < 1.29 is 14.5 Å². The molecular weight excluding hydrogens is 321 g/mol. The van der Waals surface area contributed by atoms with Crippen LogP contribution in [-0.4, -0.2) is 44.2 Å². The van der Waals surface area contributed by atoms with Gasteiger partial charge in [0, 0.05) is 37.8 Å². The zero-order valence-electron chi connectivity index (χ0n) is 11.4. The number of nitro benzene ring substituents is 1.